The van der Waals surface area contributed by atoms with Gasteiger partial charge >= 0.3 is 5.97 Å². The molecular formula is C10H14N2O2. The minimum absolute atomic E-state index is 0.0607. The van der Waals surface area contributed by atoms with Crippen LogP contribution in [-0.2, 0) is 0 Å². The Balaban J connectivity index is 2.11. The molecular weight excluding hydrogens is 180 g/mol. The number of carboxylic acid groups (broad SMARTS) is 1. The van der Waals surface area contributed by atoms with Gasteiger partial charge in [0.15, 0.2) is 0 Å². The van der Waals surface area contributed by atoms with Crippen molar-refractivity contribution in [2.75, 3.05) is 0 Å². The van der Waals surface area contributed by atoms with E-state index in [0.717, 1.165) is 18.5 Å². The molecule has 0 spiro atoms. The second-order valence-electron chi connectivity index (χ2n) is 3.83. The summed E-state index contributed by atoms with van der Waals surface area (Å²) < 4.78 is 0. The molecule has 1 fully saturated rings. The summed E-state index contributed by atoms with van der Waals surface area (Å²) in [5, 5.41) is 8.70. The third-order valence-electron chi connectivity index (χ3n) is 2.84. The number of carbonyl (C=O) groups is 1. The van der Waals surface area contributed by atoms with E-state index in [-0.39, 0.29) is 5.82 Å². The van der Waals surface area contributed by atoms with E-state index in [4.69, 9.17) is 5.11 Å². The Morgan fingerprint density at radius 3 is 2.71 bits per heavy atom. The molecule has 1 aromatic heterocycles. The molecule has 0 radical (unpaired) electrons. The zero-order valence-electron chi connectivity index (χ0n) is 7.99. The lowest BCUT2D eigenvalue weighted by Gasteiger charge is -2.19. The zero-order chi connectivity index (χ0) is 9.97. The third-order valence-corrected chi connectivity index (χ3v) is 2.84. The molecule has 0 amide bonds. The van der Waals surface area contributed by atoms with Crippen LogP contribution in [0.5, 0.6) is 0 Å². The van der Waals surface area contributed by atoms with Gasteiger partial charge in [0.2, 0.25) is 5.82 Å². The van der Waals surface area contributed by atoms with Crippen LogP contribution in [-0.4, -0.2) is 21.0 Å². The van der Waals surface area contributed by atoms with Crippen LogP contribution in [0.4, 0.5) is 0 Å². The molecule has 2 N–H and O–H groups in total. The van der Waals surface area contributed by atoms with E-state index in [2.05, 4.69) is 9.97 Å². The minimum atomic E-state index is -0.980. The van der Waals surface area contributed by atoms with E-state index in [0.29, 0.717) is 5.92 Å². The lowest BCUT2D eigenvalue weighted by molar-refractivity contribution is 0.0684. The Hall–Kier alpha value is -1.32. The smallest absolute Gasteiger partial charge is 0.371 e. The van der Waals surface area contributed by atoms with Crippen molar-refractivity contribution in [3.8, 4) is 0 Å². The van der Waals surface area contributed by atoms with Gasteiger partial charge in [-0.1, -0.05) is 19.3 Å². The van der Waals surface area contributed by atoms with Gasteiger partial charge in [-0.2, -0.15) is 0 Å². The molecule has 14 heavy (non-hydrogen) atoms. The lowest BCUT2D eigenvalue weighted by Crippen LogP contribution is -2.05. The molecule has 1 heterocycles. The molecule has 1 saturated carbocycles. The fourth-order valence-corrected chi connectivity index (χ4v) is 2.07. The van der Waals surface area contributed by atoms with Crippen LogP contribution in [0.2, 0.25) is 0 Å². The first-order chi connectivity index (χ1) is 6.77. The van der Waals surface area contributed by atoms with Crippen LogP contribution in [0.15, 0.2) is 6.20 Å². The van der Waals surface area contributed by atoms with Gasteiger partial charge in [0.1, 0.15) is 0 Å². The maximum Gasteiger partial charge on any atom is 0.371 e. The Morgan fingerprint density at radius 1 is 1.43 bits per heavy atom. The summed E-state index contributed by atoms with van der Waals surface area (Å²) in [5.74, 6) is -0.429. The van der Waals surface area contributed by atoms with Crippen LogP contribution in [0, 0.1) is 0 Å². The number of carboxylic acids is 1. The average molecular weight is 194 g/mol. The fraction of sp³-hybridized carbons (Fsp3) is 0.600. The van der Waals surface area contributed by atoms with Gasteiger partial charge < -0.3 is 10.1 Å². The summed E-state index contributed by atoms with van der Waals surface area (Å²) in [6, 6.07) is 0. The van der Waals surface area contributed by atoms with Crippen molar-refractivity contribution < 1.29 is 9.90 Å². The molecule has 0 aromatic carbocycles. The molecule has 0 unspecified atom stereocenters. The molecule has 4 heteroatoms. The lowest BCUT2D eigenvalue weighted by atomic mass is 9.87. The highest BCUT2D eigenvalue weighted by Crippen LogP contribution is 2.31. The quantitative estimate of drug-likeness (QED) is 0.758. The maximum atomic E-state index is 10.6. The molecule has 1 aliphatic rings. The van der Waals surface area contributed by atoms with E-state index < -0.39 is 5.97 Å². The molecule has 0 aliphatic heterocycles. The summed E-state index contributed by atoms with van der Waals surface area (Å²) in [5.41, 5.74) is 0.988. The van der Waals surface area contributed by atoms with Gasteiger partial charge in [-0.15, -0.1) is 0 Å². The second-order valence-corrected chi connectivity index (χ2v) is 3.83. The van der Waals surface area contributed by atoms with Crippen molar-refractivity contribution in [1.82, 2.24) is 9.97 Å². The number of nitrogens with zero attached hydrogens (tertiary/aromatic N) is 1. The zero-order valence-corrected chi connectivity index (χ0v) is 7.99. The van der Waals surface area contributed by atoms with Crippen molar-refractivity contribution in [3.63, 3.8) is 0 Å². The Morgan fingerprint density at radius 2 is 2.14 bits per heavy atom. The highest BCUT2D eigenvalue weighted by molar-refractivity contribution is 5.83. The van der Waals surface area contributed by atoms with Crippen molar-refractivity contribution in [2.45, 2.75) is 38.0 Å². The molecule has 4 nitrogen and oxygen atoms in total. The second kappa shape index (κ2) is 3.82. The maximum absolute atomic E-state index is 10.6. The summed E-state index contributed by atoms with van der Waals surface area (Å²) >= 11 is 0. The number of aromatic amines is 1. The molecule has 0 atom stereocenters. The summed E-state index contributed by atoms with van der Waals surface area (Å²) in [7, 11) is 0. The van der Waals surface area contributed by atoms with Crippen LogP contribution in [0.1, 0.15) is 54.3 Å². The van der Waals surface area contributed by atoms with Crippen LogP contribution >= 0.6 is 0 Å². The molecule has 0 saturated heterocycles. The van der Waals surface area contributed by atoms with E-state index in [9.17, 15) is 4.79 Å². The number of hydrogen-bond acceptors (Lipinski definition) is 2. The van der Waals surface area contributed by atoms with Gasteiger partial charge in [0.05, 0.1) is 0 Å². The SMILES string of the molecule is O=C(O)c1ncc(C2CCCCC2)[nH]1. The van der Waals surface area contributed by atoms with E-state index in [1.54, 1.807) is 6.20 Å². The average Bonchev–Trinajstić information content (AvgIpc) is 2.68. The summed E-state index contributed by atoms with van der Waals surface area (Å²) in [6.07, 6.45) is 7.76. The molecule has 76 valence electrons. The number of aromatic nitrogens is 2. The predicted molar refractivity (Wildman–Crippen MR) is 51.4 cm³/mol. The highest BCUT2D eigenvalue weighted by atomic mass is 16.4. The number of imidazole rings is 1. The fourth-order valence-electron chi connectivity index (χ4n) is 2.07. The van der Waals surface area contributed by atoms with Crippen molar-refractivity contribution in [2.24, 2.45) is 0 Å². The van der Waals surface area contributed by atoms with Crippen molar-refractivity contribution in [3.05, 3.63) is 17.7 Å². The van der Waals surface area contributed by atoms with E-state index >= 15 is 0 Å². The van der Waals surface area contributed by atoms with Gasteiger partial charge in [-0.3, -0.25) is 0 Å². The van der Waals surface area contributed by atoms with Crippen LogP contribution in [0.25, 0.3) is 0 Å². The van der Waals surface area contributed by atoms with Gasteiger partial charge in [-0.05, 0) is 12.8 Å². The standard InChI is InChI=1S/C10H14N2O2/c13-10(14)9-11-6-8(12-9)7-4-2-1-3-5-7/h6-7H,1-5H2,(H,11,12)(H,13,14). The number of rotatable bonds is 2. The monoisotopic (exact) mass is 194 g/mol. The predicted octanol–water partition coefficient (Wildman–Crippen LogP) is 2.16. The minimum Gasteiger partial charge on any atom is -0.475 e. The summed E-state index contributed by atoms with van der Waals surface area (Å²) in [4.78, 5) is 17.3. The Labute approximate surface area is 82.4 Å². The first-order valence-corrected chi connectivity index (χ1v) is 5.05. The third kappa shape index (κ3) is 1.78. The Kier molecular flexibility index (Phi) is 2.52. The number of H-pyrrole nitrogens is 1. The first-order valence-electron chi connectivity index (χ1n) is 5.05. The largest absolute Gasteiger partial charge is 0.475 e. The Bertz CT molecular complexity index is 327. The molecule has 1 aromatic rings. The van der Waals surface area contributed by atoms with Crippen LogP contribution in [0.3, 0.4) is 0 Å². The van der Waals surface area contributed by atoms with Gasteiger partial charge in [0, 0.05) is 17.8 Å². The number of nitrogens with one attached hydrogen (secondary N) is 1. The van der Waals surface area contributed by atoms with Gasteiger partial charge in [-0.25, -0.2) is 9.78 Å². The highest BCUT2D eigenvalue weighted by Gasteiger charge is 2.18. The van der Waals surface area contributed by atoms with Crippen LogP contribution < -0.4 is 0 Å². The molecule has 1 aliphatic carbocycles. The van der Waals surface area contributed by atoms with E-state index in [1.807, 2.05) is 0 Å². The topological polar surface area (TPSA) is 66.0 Å². The first kappa shape index (κ1) is 9.24. The van der Waals surface area contributed by atoms with Gasteiger partial charge in [0.25, 0.3) is 0 Å². The normalized spacial score (nSPS) is 18.3. The summed E-state index contributed by atoms with van der Waals surface area (Å²) in [6.45, 7) is 0. The molecule has 2 rings (SSSR count). The van der Waals surface area contributed by atoms with E-state index in [1.165, 1.54) is 19.3 Å². The number of aromatic carboxylic acids is 1. The van der Waals surface area contributed by atoms with Crippen molar-refractivity contribution in [1.29, 1.82) is 0 Å². The van der Waals surface area contributed by atoms with Crippen molar-refractivity contribution >= 4 is 5.97 Å². The molecule has 0 bridgehead atoms. The number of hydrogen-bond donors (Lipinski definition) is 2.